The predicted molar refractivity (Wildman–Crippen MR) is 92.5 cm³/mol. The highest BCUT2D eigenvalue weighted by atomic mass is 16.5. The highest BCUT2D eigenvalue weighted by Crippen LogP contribution is 2.30. The van der Waals surface area contributed by atoms with Gasteiger partial charge in [0.05, 0.1) is 5.69 Å². The van der Waals surface area contributed by atoms with E-state index in [0.717, 1.165) is 32.6 Å². The van der Waals surface area contributed by atoms with Crippen LogP contribution in [0.3, 0.4) is 0 Å². The molecule has 0 spiro atoms. The third-order valence-corrected chi connectivity index (χ3v) is 4.65. The SMILES string of the molecule is CCN(CC)[C@H]1CCN(C(=O)Nc2ccc3c(c2)OCC(=O)N3)C1. The lowest BCUT2D eigenvalue weighted by atomic mass is 10.2. The van der Waals surface area contributed by atoms with Crippen molar-refractivity contribution < 1.29 is 14.3 Å². The minimum atomic E-state index is -0.168. The maximum atomic E-state index is 12.5. The number of fused-ring (bicyclic) bond motifs is 1. The number of likely N-dealkylation sites (tertiary alicyclic amines) is 1. The average molecular weight is 332 g/mol. The normalized spacial score (nSPS) is 19.7. The van der Waals surface area contributed by atoms with Crippen LogP contribution in [0.4, 0.5) is 16.2 Å². The number of ether oxygens (including phenoxy) is 1. The molecular weight excluding hydrogens is 308 g/mol. The summed E-state index contributed by atoms with van der Waals surface area (Å²) in [5.74, 6) is 0.411. The molecule has 0 saturated carbocycles. The number of benzene rings is 1. The first-order valence-corrected chi connectivity index (χ1v) is 8.47. The van der Waals surface area contributed by atoms with Gasteiger partial charge in [-0.3, -0.25) is 9.69 Å². The Morgan fingerprint density at radius 2 is 2.21 bits per heavy atom. The van der Waals surface area contributed by atoms with Crippen molar-refractivity contribution in [3.63, 3.8) is 0 Å². The van der Waals surface area contributed by atoms with E-state index in [1.807, 2.05) is 4.90 Å². The summed E-state index contributed by atoms with van der Waals surface area (Å²) in [6, 6.07) is 5.59. The Morgan fingerprint density at radius 3 is 2.96 bits per heavy atom. The predicted octanol–water partition coefficient (Wildman–Crippen LogP) is 1.97. The van der Waals surface area contributed by atoms with Gasteiger partial charge in [-0.25, -0.2) is 4.79 Å². The van der Waals surface area contributed by atoms with Crippen molar-refractivity contribution in [1.29, 1.82) is 0 Å². The van der Waals surface area contributed by atoms with E-state index in [-0.39, 0.29) is 18.5 Å². The van der Waals surface area contributed by atoms with Gasteiger partial charge in [-0.2, -0.15) is 0 Å². The molecule has 0 unspecified atom stereocenters. The van der Waals surface area contributed by atoms with Crippen LogP contribution >= 0.6 is 0 Å². The van der Waals surface area contributed by atoms with Gasteiger partial charge < -0.3 is 20.3 Å². The maximum absolute atomic E-state index is 12.5. The van der Waals surface area contributed by atoms with E-state index in [1.54, 1.807) is 18.2 Å². The van der Waals surface area contributed by atoms with Crippen LogP contribution in [-0.4, -0.2) is 60.6 Å². The number of anilines is 2. The topological polar surface area (TPSA) is 73.9 Å². The van der Waals surface area contributed by atoms with Crippen molar-refractivity contribution in [3.8, 4) is 5.75 Å². The summed E-state index contributed by atoms with van der Waals surface area (Å²) in [6.07, 6.45) is 1.01. The molecule has 2 aliphatic heterocycles. The summed E-state index contributed by atoms with van der Waals surface area (Å²) >= 11 is 0. The summed E-state index contributed by atoms with van der Waals surface area (Å²) in [4.78, 5) is 28.0. The smallest absolute Gasteiger partial charge is 0.321 e. The van der Waals surface area contributed by atoms with Crippen LogP contribution in [0.1, 0.15) is 20.3 Å². The number of carbonyl (C=O) groups is 2. The largest absolute Gasteiger partial charge is 0.482 e. The van der Waals surface area contributed by atoms with Crippen molar-refractivity contribution >= 4 is 23.3 Å². The molecule has 2 heterocycles. The van der Waals surface area contributed by atoms with Crippen LogP contribution < -0.4 is 15.4 Å². The average Bonchev–Trinajstić information content (AvgIpc) is 3.06. The van der Waals surface area contributed by atoms with Crippen molar-refractivity contribution in [2.45, 2.75) is 26.3 Å². The zero-order valence-corrected chi connectivity index (χ0v) is 14.2. The molecule has 24 heavy (non-hydrogen) atoms. The number of hydrogen-bond donors (Lipinski definition) is 2. The zero-order chi connectivity index (χ0) is 17.1. The third-order valence-electron chi connectivity index (χ3n) is 4.65. The van der Waals surface area contributed by atoms with Crippen molar-refractivity contribution in [2.75, 3.05) is 43.4 Å². The fourth-order valence-corrected chi connectivity index (χ4v) is 3.32. The molecule has 7 heteroatoms. The molecule has 7 nitrogen and oxygen atoms in total. The Balaban J connectivity index is 1.60. The Bertz CT molecular complexity index is 630. The van der Waals surface area contributed by atoms with E-state index >= 15 is 0 Å². The monoisotopic (exact) mass is 332 g/mol. The molecule has 130 valence electrons. The number of nitrogens with zero attached hydrogens (tertiary/aromatic N) is 2. The van der Waals surface area contributed by atoms with E-state index in [9.17, 15) is 9.59 Å². The Hall–Kier alpha value is -2.28. The van der Waals surface area contributed by atoms with E-state index in [0.29, 0.717) is 23.2 Å². The van der Waals surface area contributed by atoms with Crippen molar-refractivity contribution in [3.05, 3.63) is 18.2 Å². The molecule has 3 amide bonds. The zero-order valence-electron chi connectivity index (χ0n) is 14.2. The highest BCUT2D eigenvalue weighted by molar-refractivity contribution is 5.96. The summed E-state index contributed by atoms with van der Waals surface area (Å²) in [7, 11) is 0. The second kappa shape index (κ2) is 7.09. The molecule has 0 bridgehead atoms. The number of nitrogens with one attached hydrogen (secondary N) is 2. The Morgan fingerprint density at radius 1 is 1.42 bits per heavy atom. The molecule has 2 N–H and O–H groups in total. The Kier molecular flexibility index (Phi) is 4.89. The summed E-state index contributed by atoms with van der Waals surface area (Å²) in [6.45, 7) is 7.84. The lowest BCUT2D eigenvalue weighted by Gasteiger charge is -2.26. The molecule has 2 aliphatic rings. The number of hydrogen-bond acceptors (Lipinski definition) is 4. The van der Waals surface area contributed by atoms with Crippen molar-refractivity contribution in [1.82, 2.24) is 9.80 Å². The lowest BCUT2D eigenvalue weighted by Crippen LogP contribution is -2.39. The Labute approximate surface area is 141 Å². The van der Waals surface area contributed by atoms with E-state index < -0.39 is 0 Å². The van der Waals surface area contributed by atoms with E-state index in [2.05, 4.69) is 29.4 Å². The van der Waals surface area contributed by atoms with Gasteiger partial charge >= 0.3 is 6.03 Å². The van der Waals surface area contributed by atoms with Crippen LogP contribution in [0.15, 0.2) is 18.2 Å². The molecule has 1 aromatic carbocycles. The minimum Gasteiger partial charge on any atom is -0.482 e. The molecule has 1 saturated heterocycles. The molecule has 1 atom stereocenters. The standard InChI is InChI=1S/C17H24N4O3/c1-3-20(4-2)13-7-8-21(10-13)17(23)18-12-5-6-14-15(9-12)24-11-16(22)19-14/h5-6,9,13H,3-4,7-8,10-11H2,1-2H3,(H,18,23)(H,19,22)/t13-/m0/s1. The minimum absolute atomic E-state index is 0.00206. The number of amides is 3. The maximum Gasteiger partial charge on any atom is 0.321 e. The van der Waals surface area contributed by atoms with Crippen LogP contribution in [-0.2, 0) is 4.79 Å². The second-order valence-electron chi connectivity index (χ2n) is 6.09. The molecule has 0 aliphatic carbocycles. The van der Waals surface area contributed by atoms with Crippen LogP contribution in [0.2, 0.25) is 0 Å². The quantitative estimate of drug-likeness (QED) is 0.884. The van der Waals surface area contributed by atoms with Gasteiger partial charge in [0.2, 0.25) is 0 Å². The fraction of sp³-hybridized carbons (Fsp3) is 0.529. The summed E-state index contributed by atoms with van der Waals surface area (Å²) in [5, 5.41) is 5.65. The number of likely N-dealkylation sites (N-methyl/N-ethyl adjacent to an activating group) is 1. The van der Waals surface area contributed by atoms with E-state index in [4.69, 9.17) is 4.74 Å². The van der Waals surface area contributed by atoms with Gasteiger partial charge in [0, 0.05) is 30.9 Å². The molecule has 0 radical (unpaired) electrons. The highest BCUT2D eigenvalue weighted by Gasteiger charge is 2.29. The molecule has 1 fully saturated rings. The van der Waals surface area contributed by atoms with Gasteiger partial charge in [-0.1, -0.05) is 13.8 Å². The molecule has 3 rings (SSSR count). The second-order valence-corrected chi connectivity index (χ2v) is 6.09. The first-order valence-electron chi connectivity index (χ1n) is 8.47. The first kappa shape index (κ1) is 16.6. The number of rotatable bonds is 4. The van der Waals surface area contributed by atoms with Gasteiger partial charge in [-0.05, 0) is 31.6 Å². The van der Waals surface area contributed by atoms with Crippen LogP contribution in [0.25, 0.3) is 0 Å². The molecule has 0 aromatic heterocycles. The van der Waals surface area contributed by atoms with Crippen LogP contribution in [0, 0.1) is 0 Å². The van der Waals surface area contributed by atoms with Gasteiger partial charge in [0.25, 0.3) is 5.91 Å². The summed E-state index contributed by atoms with van der Waals surface area (Å²) in [5.41, 5.74) is 1.30. The van der Waals surface area contributed by atoms with Gasteiger partial charge in [0.1, 0.15) is 5.75 Å². The first-order chi connectivity index (χ1) is 11.6. The fourth-order valence-electron chi connectivity index (χ4n) is 3.32. The van der Waals surface area contributed by atoms with Gasteiger partial charge in [0.15, 0.2) is 6.61 Å². The van der Waals surface area contributed by atoms with Crippen LogP contribution in [0.5, 0.6) is 5.75 Å². The number of carbonyl (C=O) groups excluding carboxylic acids is 2. The number of urea groups is 1. The van der Waals surface area contributed by atoms with Crippen molar-refractivity contribution in [2.24, 2.45) is 0 Å². The molecule has 1 aromatic rings. The molecular formula is C17H24N4O3. The van der Waals surface area contributed by atoms with E-state index in [1.165, 1.54) is 0 Å². The summed E-state index contributed by atoms with van der Waals surface area (Å²) < 4.78 is 5.38. The van der Waals surface area contributed by atoms with Gasteiger partial charge in [-0.15, -0.1) is 0 Å². The third kappa shape index (κ3) is 3.46. The lowest BCUT2D eigenvalue weighted by molar-refractivity contribution is -0.118.